The number of amides is 2. The maximum absolute atomic E-state index is 12.6. The van der Waals surface area contributed by atoms with E-state index in [1.165, 1.54) is 12.3 Å². The SMILES string of the molecule is CCc1ccccc1NC(=O)c1cc(C(=O)Nc2cc(C)cc(C)c2)ccn1. The third-order valence-electron chi connectivity index (χ3n) is 4.38. The zero-order chi connectivity index (χ0) is 20.1. The van der Waals surface area contributed by atoms with E-state index in [4.69, 9.17) is 0 Å². The van der Waals surface area contributed by atoms with Crippen LogP contribution in [0.1, 0.15) is 44.5 Å². The van der Waals surface area contributed by atoms with Crippen molar-refractivity contribution in [3.63, 3.8) is 0 Å². The van der Waals surface area contributed by atoms with Crippen LogP contribution in [-0.4, -0.2) is 16.8 Å². The van der Waals surface area contributed by atoms with Crippen LogP contribution < -0.4 is 10.6 Å². The average molecular weight is 373 g/mol. The van der Waals surface area contributed by atoms with Gasteiger partial charge < -0.3 is 10.6 Å². The average Bonchev–Trinajstić information content (AvgIpc) is 2.67. The van der Waals surface area contributed by atoms with Crippen LogP contribution in [0.25, 0.3) is 0 Å². The lowest BCUT2D eigenvalue weighted by molar-refractivity contribution is 0.102. The summed E-state index contributed by atoms with van der Waals surface area (Å²) in [4.78, 5) is 29.3. The summed E-state index contributed by atoms with van der Waals surface area (Å²) >= 11 is 0. The summed E-state index contributed by atoms with van der Waals surface area (Å²) in [6, 6.07) is 16.6. The quantitative estimate of drug-likeness (QED) is 0.677. The number of benzene rings is 2. The van der Waals surface area contributed by atoms with Crippen molar-refractivity contribution in [1.82, 2.24) is 4.98 Å². The van der Waals surface area contributed by atoms with Crippen LogP contribution in [0, 0.1) is 13.8 Å². The second-order valence-corrected chi connectivity index (χ2v) is 6.73. The number of carbonyl (C=O) groups is 2. The Morgan fingerprint density at radius 1 is 0.893 bits per heavy atom. The molecule has 2 aromatic carbocycles. The molecule has 0 spiro atoms. The van der Waals surface area contributed by atoms with Gasteiger partial charge in [-0.2, -0.15) is 0 Å². The number of aromatic nitrogens is 1. The van der Waals surface area contributed by atoms with Crippen LogP contribution in [0.3, 0.4) is 0 Å². The predicted octanol–water partition coefficient (Wildman–Crippen LogP) is 4.77. The number of aryl methyl sites for hydroxylation is 3. The fourth-order valence-corrected chi connectivity index (χ4v) is 3.08. The van der Waals surface area contributed by atoms with E-state index in [2.05, 4.69) is 15.6 Å². The van der Waals surface area contributed by atoms with Gasteiger partial charge >= 0.3 is 0 Å². The maximum atomic E-state index is 12.6. The lowest BCUT2D eigenvalue weighted by Gasteiger charge is -2.10. The zero-order valence-electron chi connectivity index (χ0n) is 16.2. The molecule has 1 heterocycles. The number of anilines is 2. The number of rotatable bonds is 5. The molecule has 0 atom stereocenters. The van der Waals surface area contributed by atoms with E-state index in [1.807, 2.05) is 63.2 Å². The first-order valence-corrected chi connectivity index (χ1v) is 9.21. The summed E-state index contributed by atoms with van der Waals surface area (Å²) in [6.07, 6.45) is 2.28. The van der Waals surface area contributed by atoms with Gasteiger partial charge in [0.05, 0.1) is 0 Å². The second kappa shape index (κ2) is 8.48. The summed E-state index contributed by atoms with van der Waals surface area (Å²) in [7, 11) is 0. The highest BCUT2D eigenvalue weighted by Crippen LogP contribution is 2.18. The minimum Gasteiger partial charge on any atom is -0.322 e. The van der Waals surface area contributed by atoms with Crippen LogP contribution >= 0.6 is 0 Å². The Hall–Kier alpha value is -3.47. The molecule has 0 aliphatic rings. The molecule has 5 heteroatoms. The summed E-state index contributed by atoms with van der Waals surface area (Å²) in [5.41, 5.74) is 5.23. The highest BCUT2D eigenvalue weighted by molar-refractivity contribution is 6.08. The molecule has 0 bridgehead atoms. The topological polar surface area (TPSA) is 71.1 Å². The molecule has 28 heavy (non-hydrogen) atoms. The summed E-state index contributed by atoms with van der Waals surface area (Å²) in [5, 5.41) is 5.75. The third kappa shape index (κ3) is 4.62. The molecule has 2 amide bonds. The molecular weight excluding hydrogens is 350 g/mol. The lowest BCUT2D eigenvalue weighted by atomic mass is 10.1. The molecule has 0 aliphatic heterocycles. The Labute approximate surface area is 164 Å². The Morgan fingerprint density at radius 3 is 2.32 bits per heavy atom. The second-order valence-electron chi connectivity index (χ2n) is 6.73. The molecule has 1 aromatic heterocycles. The lowest BCUT2D eigenvalue weighted by Crippen LogP contribution is -2.17. The molecule has 0 saturated heterocycles. The third-order valence-corrected chi connectivity index (χ3v) is 4.38. The van der Waals surface area contributed by atoms with Gasteiger partial charge in [-0.3, -0.25) is 14.6 Å². The number of hydrogen-bond donors (Lipinski definition) is 2. The molecule has 0 saturated carbocycles. The monoisotopic (exact) mass is 373 g/mol. The number of pyridine rings is 1. The van der Waals surface area contributed by atoms with Crippen LogP contribution in [0.4, 0.5) is 11.4 Å². The summed E-state index contributed by atoms with van der Waals surface area (Å²) < 4.78 is 0. The van der Waals surface area contributed by atoms with E-state index in [-0.39, 0.29) is 17.5 Å². The van der Waals surface area contributed by atoms with E-state index < -0.39 is 0 Å². The van der Waals surface area contributed by atoms with Gasteiger partial charge in [0.25, 0.3) is 11.8 Å². The number of carbonyl (C=O) groups excluding carboxylic acids is 2. The number of hydrogen-bond acceptors (Lipinski definition) is 3. The largest absolute Gasteiger partial charge is 0.322 e. The van der Waals surface area contributed by atoms with Gasteiger partial charge in [0.1, 0.15) is 5.69 Å². The van der Waals surface area contributed by atoms with E-state index in [0.29, 0.717) is 5.56 Å². The summed E-state index contributed by atoms with van der Waals surface area (Å²) in [6.45, 7) is 5.98. The molecule has 5 nitrogen and oxygen atoms in total. The molecular formula is C23H23N3O2. The van der Waals surface area contributed by atoms with Crippen molar-refractivity contribution in [1.29, 1.82) is 0 Å². The van der Waals surface area contributed by atoms with E-state index in [1.54, 1.807) is 6.07 Å². The van der Waals surface area contributed by atoms with Gasteiger partial charge in [0.2, 0.25) is 0 Å². The van der Waals surface area contributed by atoms with Crippen molar-refractivity contribution in [3.8, 4) is 0 Å². The van der Waals surface area contributed by atoms with Gasteiger partial charge in [-0.15, -0.1) is 0 Å². The highest BCUT2D eigenvalue weighted by Gasteiger charge is 2.13. The molecule has 0 fully saturated rings. The van der Waals surface area contributed by atoms with Crippen molar-refractivity contribution in [3.05, 3.63) is 88.7 Å². The van der Waals surface area contributed by atoms with Crippen molar-refractivity contribution in [2.24, 2.45) is 0 Å². The fraction of sp³-hybridized carbons (Fsp3) is 0.174. The standard InChI is InChI=1S/C23H23N3O2/c1-4-17-7-5-6-8-20(17)26-23(28)21-14-18(9-10-24-21)22(27)25-19-12-15(2)11-16(3)13-19/h5-14H,4H2,1-3H3,(H,25,27)(H,26,28). The van der Waals surface area contributed by atoms with E-state index in [0.717, 1.165) is 34.5 Å². The van der Waals surface area contributed by atoms with Crippen LogP contribution in [0.2, 0.25) is 0 Å². The minimum atomic E-state index is -0.345. The Morgan fingerprint density at radius 2 is 1.61 bits per heavy atom. The van der Waals surface area contributed by atoms with E-state index >= 15 is 0 Å². The number of nitrogens with zero attached hydrogens (tertiary/aromatic N) is 1. The zero-order valence-corrected chi connectivity index (χ0v) is 16.2. The van der Waals surface area contributed by atoms with Crippen molar-refractivity contribution < 1.29 is 9.59 Å². The maximum Gasteiger partial charge on any atom is 0.274 e. The first-order valence-electron chi connectivity index (χ1n) is 9.21. The highest BCUT2D eigenvalue weighted by atomic mass is 16.2. The Bertz CT molecular complexity index is 1010. The first-order chi connectivity index (χ1) is 13.5. The molecule has 0 aliphatic carbocycles. The van der Waals surface area contributed by atoms with Gasteiger partial charge in [-0.05, 0) is 67.3 Å². The van der Waals surface area contributed by atoms with Crippen LogP contribution in [-0.2, 0) is 6.42 Å². The molecule has 3 rings (SSSR count). The molecule has 0 radical (unpaired) electrons. The predicted molar refractivity (Wildman–Crippen MR) is 112 cm³/mol. The van der Waals surface area contributed by atoms with Gasteiger partial charge in [0.15, 0.2) is 0 Å². The molecule has 2 N–H and O–H groups in total. The Balaban J connectivity index is 1.77. The smallest absolute Gasteiger partial charge is 0.274 e. The summed E-state index contributed by atoms with van der Waals surface area (Å²) in [5.74, 6) is -0.627. The van der Waals surface area contributed by atoms with Gasteiger partial charge in [-0.25, -0.2) is 0 Å². The van der Waals surface area contributed by atoms with Crippen LogP contribution in [0.15, 0.2) is 60.8 Å². The Kier molecular flexibility index (Phi) is 5.84. The van der Waals surface area contributed by atoms with Gasteiger partial charge in [-0.1, -0.05) is 31.2 Å². The molecule has 3 aromatic rings. The first kappa shape index (κ1) is 19.3. The van der Waals surface area contributed by atoms with Gasteiger partial charge in [0, 0.05) is 23.1 Å². The van der Waals surface area contributed by atoms with Crippen LogP contribution in [0.5, 0.6) is 0 Å². The van der Waals surface area contributed by atoms with Crippen molar-refractivity contribution in [2.45, 2.75) is 27.2 Å². The number of nitrogens with one attached hydrogen (secondary N) is 2. The van der Waals surface area contributed by atoms with E-state index in [9.17, 15) is 9.59 Å². The normalized spacial score (nSPS) is 10.4. The molecule has 142 valence electrons. The number of para-hydroxylation sites is 1. The van der Waals surface area contributed by atoms with Crippen molar-refractivity contribution >= 4 is 23.2 Å². The minimum absolute atomic E-state index is 0.193. The molecule has 0 unspecified atom stereocenters. The van der Waals surface area contributed by atoms with Crippen molar-refractivity contribution in [2.75, 3.05) is 10.6 Å². The fourth-order valence-electron chi connectivity index (χ4n) is 3.08.